The fourth-order valence-electron chi connectivity index (χ4n) is 11.7. The van der Waals surface area contributed by atoms with E-state index in [0.29, 0.717) is 0 Å². The first-order valence-electron chi connectivity index (χ1n) is 22.5. The Morgan fingerprint density at radius 3 is 1.69 bits per heavy atom. The summed E-state index contributed by atoms with van der Waals surface area (Å²) in [4.78, 5) is 5.10. The highest BCUT2D eigenvalue weighted by Gasteiger charge is 2.49. The average Bonchev–Trinajstić information content (AvgIpc) is 3.83. The van der Waals surface area contributed by atoms with Crippen molar-refractivity contribution in [3.63, 3.8) is 0 Å². The third-order valence-corrected chi connectivity index (χ3v) is 15.0. The number of nitrogens with zero attached hydrogens (tertiary/aromatic N) is 2. The Kier molecular flexibility index (Phi) is 7.39. The zero-order valence-electron chi connectivity index (χ0n) is 37.7. The van der Waals surface area contributed by atoms with E-state index in [1.807, 2.05) is 0 Å². The van der Waals surface area contributed by atoms with Gasteiger partial charge in [0.2, 0.25) is 0 Å². The summed E-state index contributed by atoms with van der Waals surface area (Å²) in [6, 6.07) is 53.2. The fraction of sp³-hybridized carbons (Fsp3) is 0.241. The molecule has 0 saturated carbocycles. The molecule has 3 heterocycles. The second-order valence-electron chi connectivity index (χ2n) is 21.4. The van der Waals surface area contributed by atoms with Gasteiger partial charge in [-0.25, -0.2) is 0 Å². The number of benzene rings is 7. The van der Waals surface area contributed by atoms with Crippen LogP contribution < -0.4 is 26.4 Å². The summed E-state index contributed by atoms with van der Waals surface area (Å²) in [6.07, 6.45) is 0. The molecule has 7 aromatic carbocycles. The van der Waals surface area contributed by atoms with Gasteiger partial charge in [-0.15, -0.1) is 0 Å². The Morgan fingerprint density at radius 1 is 0.484 bits per heavy atom. The third kappa shape index (κ3) is 4.84. The molecule has 3 nitrogen and oxygen atoms in total. The van der Waals surface area contributed by atoms with Crippen molar-refractivity contribution < 1.29 is 4.42 Å². The first kappa shape index (κ1) is 37.5. The molecule has 0 fully saturated rings. The van der Waals surface area contributed by atoms with Crippen LogP contribution in [0.25, 0.3) is 33.2 Å². The summed E-state index contributed by atoms with van der Waals surface area (Å²) >= 11 is 0. The molecule has 304 valence electrons. The van der Waals surface area contributed by atoms with Crippen LogP contribution in [0, 0.1) is 0 Å². The van der Waals surface area contributed by atoms with Crippen molar-refractivity contribution >= 4 is 68.4 Å². The van der Waals surface area contributed by atoms with Gasteiger partial charge >= 0.3 is 0 Å². The van der Waals surface area contributed by atoms with Crippen molar-refractivity contribution in [1.82, 2.24) is 0 Å². The Balaban J connectivity index is 1.20. The van der Waals surface area contributed by atoms with Crippen LogP contribution >= 0.6 is 0 Å². The number of rotatable bonds is 2. The van der Waals surface area contributed by atoms with E-state index in [4.69, 9.17) is 4.42 Å². The van der Waals surface area contributed by atoms with Crippen molar-refractivity contribution in [2.75, 3.05) is 9.80 Å². The minimum Gasteiger partial charge on any atom is -0.467 e. The molecule has 2 aliphatic carbocycles. The summed E-state index contributed by atoms with van der Waals surface area (Å²) in [5.74, 6) is 0. The van der Waals surface area contributed by atoms with Gasteiger partial charge in [0.15, 0.2) is 0 Å². The van der Waals surface area contributed by atoms with Crippen LogP contribution in [0.2, 0.25) is 0 Å². The lowest BCUT2D eigenvalue weighted by Crippen LogP contribution is -2.61. The van der Waals surface area contributed by atoms with Crippen molar-refractivity contribution in [3.8, 4) is 22.3 Å². The van der Waals surface area contributed by atoms with Gasteiger partial charge in [0, 0.05) is 50.1 Å². The fourth-order valence-corrected chi connectivity index (χ4v) is 11.7. The van der Waals surface area contributed by atoms with E-state index >= 15 is 0 Å². The topological polar surface area (TPSA) is 19.6 Å². The molecule has 8 aromatic rings. The number of furan rings is 1. The summed E-state index contributed by atoms with van der Waals surface area (Å²) in [6.45, 7) is 23.2. The van der Waals surface area contributed by atoms with Gasteiger partial charge in [0.25, 0.3) is 6.71 Å². The molecule has 4 heteroatoms. The van der Waals surface area contributed by atoms with Crippen molar-refractivity contribution in [2.24, 2.45) is 0 Å². The number of anilines is 6. The van der Waals surface area contributed by atoms with E-state index < -0.39 is 0 Å². The molecule has 62 heavy (non-hydrogen) atoms. The first-order chi connectivity index (χ1) is 29.6. The Hall–Kier alpha value is -6.26. The smallest absolute Gasteiger partial charge is 0.297 e. The quantitative estimate of drug-likeness (QED) is 0.162. The Bertz CT molecular complexity index is 3220. The maximum atomic E-state index is 7.67. The van der Waals surface area contributed by atoms with Gasteiger partial charge in [-0.2, -0.15) is 0 Å². The molecule has 0 bridgehead atoms. The molecule has 0 atom stereocenters. The predicted octanol–water partition coefficient (Wildman–Crippen LogP) is 13.7. The van der Waals surface area contributed by atoms with Crippen LogP contribution in [0.5, 0.6) is 0 Å². The SMILES string of the molecule is CC(C)(C)c1ccc(N2c3cccc4c3B(c3cc(C(C)(C)C)ccc3N4c3cccc4c3-c3ccccc3C4(C)C)c3oc4c5c(ccc4c32)C(C)(C)c2ccccc2-5)cc1. The van der Waals surface area contributed by atoms with E-state index in [2.05, 4.69) is 219 Å². The minimum absolute atomic E-state index is 0.0315. The molecular weight excluding hydrogens is 751 g/mol. The third-order valence-electron chi connectivity index (χ3n) is 15.0. The molecule has 0 saturated heterocycles. The van der Waals surface area contributed by atoms with E-state index in [9.17, 15) is 0 Å². The molecule has 12 rings (SSSR count). The number of fused-ring (bicyclic) bond motifs is 13. The maximum Gasteiger partial charge on any atom is 0.297 e. The van der Waals surface area contributed by atoms with Crippen LogP contribution in [-0.4, -0.2) is 6.71 Å². The standard InChI is InChI=1S/C58H53BN2O/c1-55(2,3)34-25-28-36(29-26-34)60-47-23-16-24-48-51(47)59(54-52(60)39-30-31-43-50(53(39)62-54)38-18-12-14-20-41(38)58(43,9)10)44-33-35(56(4,5)6)27-32-45(44)61(48)46-22-15-21-42-49(46)37-17-11-13-19-40(37)57(42,7)8/h11-33H,1-10H3. The summed E-state index contributed by atoms with van der Waals surface area (Å²) in [5, 5.41) is 1.15. The van der Waals surface area contributed by atoms with Gasteiger partial charge in [-0.1, -0.05) is 166 Å². The summed E-state index contributed by atoms with van der Waals surface area (Å²) < 4.78 is 7.67. The largest absolute Gasteiger partial charge is 0.467 e. The zero-order valence-corrected chi connectivity index (χ0v) is 37.7. The van der Waals surface area contributed by atoms with Crippen molar-refractivity contribution in [3.05, 3.63) is 173 Å². The normalized spacial score (nSPS) is 16.1. The lowest BCUT2D eigenvalue weighted by molar-refractivity contribution is 0.590. The monoisotopic (exact) mass is 804 g/mol. The lowest BCUT2D eigenvalue weighted by Gasteiger charge is -2.43. The summed E-state index contributed by atoms with van der Waals surface area (Å²) in [7, 11) is 0. The molecule has 0 N–H and O–H groups in total. The van der Waals surface area contributed by atoms with Gasteiger partial charge in [0.1, 0.15) is 5.58 Å². The second-order valence-corrected chi connectivity index (χ2v) is 21.4. The molecule has 2 aliphatic heterocycles. The van der Waals surface area contributed by atoms with E-state index in [-0.39, 0.29) is 28.4 Å². The first-order valence-corrected chi connectivity index (χ1v) is 22.5. The van der Waals surface area contributed by atoms with Crippen LogP contribution in [0.3, 0.4) is 0 Å². The minimum atomic E-state index is -0.144. The van der Waals surface area contributed by atoms with Crippen LogP contribution in [-0.2, 0) is 21.7 Å². The predicted molar refractivity (Wildman–Crippen MR) is 263 cm³/mol. The molecular formula is C58H53BN2O. The van der Waals surface area contributed by atoms with E-state index in [1.165, 1.54) is 89.3 Å². The van der Waals surface area contributed by atoms with E-state index in [1.54, 1.807) is 0 Å². The highest BCUT2D eigenvalue weighted by molar-refractivity contribution is 7.00. The maximum absolute atomic E-state index is 7.67. The van der Waals surface area contributed by atoms with Crippen molar-refractivity contribution in [1.29, 1.82) is 0 Å². The van der Waals surface area contributed by atoms with Gasteiger partial charge in [0.05, 0.1) is 17.0 Å². The highest BCUT2D eigenvalue weighted by atomic mass is 16.3. The number of hydrogen-bond donors (Lipinski definition) is 0. The van der Waals surface area contributed by atoms with Crippen LogP contribution in [0.4, 0.5) is 34.1 Å². The average molecular weight is 805 g/mol. The molecule has 1 aromatic heterocycles. The molecule has 0 amide bonds. The molecule has 0 unspecified atom stereocenters. The van der Waals surface area contributed by atoms with Crippen molar-refractivity contribution in [2.45, 2.75) is 90.9 Å². The van der Waals surface area contributed by atoms with Gasteiger partial charge in [-0.05, 0) is 109 Å². The van der Waals surface area contributed by atoms with E-state index in [0.717, 1.165) is 28.0 Å². The summed E-state index contributed by atoms with van der Waals surface area (Å²) in [5.41, 5.74) is 24.5. The van der Waals surface area contributed by atoms with Gasteiger partial charge < -0.3 is 14.2 Å². The van der Waals surface area contributed by atoms with Crippen LogP contribution in [0.15, 0.2) is 144 Å². The molecule has 0 spiro atoms. The second kappa shape index (κ2) is 12.2. The molecule has 0 radical (unpaired) electrons. The van der Waals surface area contributed by atoms with Crippen LogP contribution in [0.1, 0.15) is 103 Å². The lowest BCUT2D eigenvalue weighted by atomic mass is 9.35. The molecule has 4 aliphatic rings. The highest BCUT2D eigenvalue weighted by Crippen LogP contribution is 2.57. The zero-order chi connectivity index (χ0) is 42.8. The Labute approximate surface area is 367 Å². The van der Waals surface area contributed by atoms with Gasteiger partial charge in [-0.3, -0.25) is 0 Å². The number of hydrogen-bond acceptors (Lipinski definition) is 3. The Morgan fingerprint density at radius 2 is 1.03 bits per heavy atom.